The van der Waals surface area contributed by atoms with Gasteiger partial charge >= 0.3 is 0 Å². The second-order valence-electron chi connectivity index (χ2n) is 5.74. The van der Waals surface area contributed by atoms with Gasteiger partial charge in [-0.2, -0.15) is 0 Å². The smallest absolute Gasteiger partial charge is 0.247 e. The molecule has 1 aromatic heterocycles. The van der Waals surface area contributed by atoms with E-state index in [2.05, 4.69) is 15.5 Å². The van der Waals surface area contributed by atoms with Gasteiger partial charge in [0.1, 0.15) is 17.5 Å². The molecule has 1 N–H and O–H groups in total. The third-order valence-electron chi connectivity index (χ3n) is 3.89. The van der Waals surface area contributed by atoms with Gasteiger partial charge in [-0.3, -0.25) is 0 Å². The van der Waals surface area contributed by atoms with Crippen molar-refractivity contribution in [3.8, 4) is 23.0 Å². The van der Waals surface area contributed by atoms with E-state index in [1.165, 1.54) is 5.56 Å². The molecular formula is C19H21N3O3. The maximum absolute atomic E-state index is 5.81. The van der Waals surface area contributed by atoms with Gasteiger partial charge in [-0.25, -0.2) is 0 Å². The molecular weight excluding hydrogens is 318 g/mol. The van der Waals surface area contributed by atoms with E-state index >= 15 is 0 Å². The van der Waals surface area contributed by atoms with E-state index in [1.807, 2.05) is 56.3 Å². The first kappa shape index (κ1) is 16.8. The summed E-state index contributed by atoms with van der Waals surface area (Å²) >= 11 is 0. The largest absolute Gasteiger partial charge is 0.497 e. The highest BCUT2D eigenvalue weighted by molar-refractivity contribution is 5.60. The van der Waals surface area contributed by atoms with Gasteiger partial charge in [0, 0.05) is 11.6 Å². The number of aromatic nitrogens is 2. The average molecular weight is 339 g/mol. The molecule has 1 heterocycles. The van der Waals surface area contributed by atoms with E-state index in [4.69, 9.17) is 13.9 Å². The maximum atomic E-state index is 5.81. The number of rotatable bonds is 6. The fourth-order valence-electron chi connectivity index (χ4n) is 2.44. The normalized spacial score (nSPS) is 11.8. The number of aryl methyl sites for hydroxylation is 1. The monoisotopic (exact) mass is 339 g/mol. The number of hydrogen-bond donors (Lipinski definition) is 1. The van der Waals surface area contributed by atoms with Crippen LogP contribution in [-0.4, -0.2) is 24.4 Å². The zero-order valence-electron chi connectivity index (χ0n) is 14.7. The SMILES string of the molecule is COc1ccc(N[C@@H](C)c2nnc(-c3ccc(C)cc3)o2)c(OC)c1. The topological polar surface area (TPSA) is 69.4 Å². The quantitative estimate of drug-likeness (QED) is 0.724. The summed E-state index contributed by atoms with van der Waals surface area (Å²) in [6.45, 7) is 3.99. The zero-order chi connectivity index (χ0) is 17.8. The Kier molecular flexibility index (Phi) is 4.88. The van der Waals surface area contributed by atoms with Gasteiger partial charge < -0.3 is 19.2 Å². The minimum Gasteiger partial charge on any atom is -0.497 e. The summed E-state index contributed by atoms with van der Waals surface area (Å²) in [7, 11) is 3.24. The van der Waals surface area contributed by atoms with Crippen molar-refractivity contribution in [1.29, 1.82) is 0 Å². The van der Waals surface area contributed by atoms with E-state index in [0.29, 0.717) is 17.5 Å². The Labute approximate surface area is 146 Å². The van der Waals surface area contributed by atoms with Crippen molar-refractivity contribution in [1.82, 2.24) is 10.2 Å². The Balaban J connectivity index is 1.78. The summed E-state index contributed by atoms with van der Waals surface area (Å²) in [6, 6.07) is 13.4. The fourth-order valence-corrected chi connectivity index (χ4v) is 2.44. The maximum Gasteiger partial charge on any atom is 0.247 e. The van der Waals surface area contributed by atoms with E-state index < -0.39 is 0 Å². The van der Waals surface area contributed by atoms with Crippen LogP contribution in [0.15, 0.2) is 46.9 Å². The summed E-state index contributed by atoms with van der Waals surface area (Å²) in [5, 5.41) is 11.6. The predicted octanol–water partition coefficient (Wildman–Crippen LogP) is 4.24. The molecule has 0 saturated heterocycles. The third-order valence-corrected chi connectivity index (χ3v) is 3.89. The van der Waals surface area contributed by atoms with Crippen molar-refractivity contribution >= 4 is 5.69 Å². The lowest BCUT2D eigenvalue weighted by atomic mass is 10.1. The van der Waals surface area contributed by atoms with Crippen LogP contribution in [0.2, 0.25) is 0 Å². The van der Waals surface area contributed by atoms with Crippen LogP contribution in [0.25, 0.3) is 11.5 Å². The van der Waals surface area contributed by atoms with Crippen molar-refractivity contribution in [2.75, 3.05) is 19.5 Å². The summed E-state index contributed by atoms with van der Waals surface area (Å²) < 4.78 is 16.4. The van der Waals surface area contributed by atoms with Crippen LogP contribution in [0.3, 0.4) is 0 Å². The molecule has 0 bridgehead atoms. The highest BCUT2D eigenvalue weighted by Crippen LogP contribution is 2.32. The predicted molar refractivity (Wildman–Crippen MR) is 96.1 cm³/mol. The standard InChI is InChI=1S/C19H21N3O3/c1-12-5-7-14(8-6-12)19-22-21-18(25-19)13(2)20-16-10-9-15(23-3)11-17(16)24-4/h5-11,13,20H,1-4H3/t13-/m0/s1. The first-order chi connectivity index (χ1) is 12.1. The van der Waals surface area contributed by atoms with E-state index in [-0.39, 0.29) is 6.04 Å². The van der Waals surface area contributed by atoms with Crippen LogP contribution in [0.1, 0.15) is 24.4 Å². The molecule has 0 fully saturated rings. The minimum absolute atomic E-state index is 0.172. The number of nitrogens with zero attached hydrogens (tertiary/aromatic N) is 2. The highest BCUT2D eigenvalue weighted by atomic mass is 16.5. The van der Waals surface area contributed by atoms with Crippen LogP contribution in [0, 0.1) is 6.92 Å². The van der Waals surface area contributed by atoms with Gasteiger partial charge in [0.15, 0.2) is 0 Å². The fraction of sp³-hybridized carbons (Fsp3) is 0.263. The molecule has 3 rings (SSSR count). The lowest BCUT2D eigenvalue weighted by Gasteiger charge is -2.15. The number of hydrogen-bond acceptors (Lipinski definition) is 6. The van der Waals surface area contributed by atoms with Gasteiger partial charge in [-0.15, -0.1) is 10.2 Å². The Bertz CT molecular complexity index is 843. The molecule has 2 aromatic carbocycles. The van der Waals surface area contributed by atoms with Crippen molar-refractivity contribution in [2.24, 2.45) is 0 Å². The lowest BCUT2D eigenvalue weighted by molar-refractivity contribution is 0.395. The third kappa shape index (κ3) is 3.74. The Morgan fingerprint density at radius 3 is 2.44 bits per heavy atom. The Morgan fingerprint density at radius 2 is 1.76 bits per heavy atom. The summed E-state index contributed by atoms with van der Waals surface area (Å²) in [5.41, 5.74) is 2.91. The van der Waals surface area contributed by atoms with Crippen molar-refractivity contribution in [3.63, 3.8) is 0 Å². The number of ether oxygens (including phenoxy) is 2. The van der Waals surface area contributed by atoms with Crippen LogP contribution in [0.5, 0.6) is 11.5 Å². The van der Waals surface area contributed by atoms with E-state index in [9.17, 15) is 0 Å². The Hall–Kier alpha value is -3.02. The summed E-state index contributed by atoms with van der Waals surface area (Å²) in [6.07, 6.45) is 0. The molecule has 0 saturated carbocycles. The van der Waals surface area contributed by atoms with Gasteiger partial charge in [0.05, 0.1) is 19.9 Å². The van der Waals surface area contributed by atoms with Crippen molar-refractivity contribution < 1.29 is 13.9 Å². The molecule has 0 spiro atoms. The number of nitrogens with one attached hydrogen (secondary N) is 1. The highest BCUT2D eigenvalue weighted by Gasteiger charge is 2.16. The molecule has 6 heteroatoms. The van der Waals surface area contributed by atoms with Crippen molar-refractivity contribution in [3.05, 3.63) is 53.9 Å². The molecule has 0 aliphatic rings. The molecule has 0 unspecified atom stereocenters. The first-order valence-corrected chi connectivity index (χ1v) is 7.99. The second-order valence-corrected chi connectivity index (χ2v) is 5.74. The molecule has 130 valence electrons. The van der Waals surface area contributed by atoms with Crippen LogP contribution in [0.4, 0.5) is 5.69 Å². The molecule has 3 aromatic rings. The molecule has 6 nitrogen and oxygen atoms in total. The lowest BCUT2D eigenvalue weighted by Crippen LogP contribution is -2.08. The molecule has 0 radical (unpaired) electrons. The second kappa shape index (κ2) is 7.25. The summed E-state index contributed by atoms with van der Waals surface area (Å²) in [4.78, 5) is 0. The van der Waals surface area contributed by atoms with Crippen LogP contribution < -0.4 is 14.8 Å². The van der Waals surface area contributed by atoms with E-state index in [1.54, 1.807) is 14.2 Å². The van der Waals surface area contributed by atoms with E-state index in [0.717, 1.165) is 17.0 Å². The van der Waals surface area contributed by atoms with Gasteiger partial charge in [-0.05, 0) is 38.1 Å². The number of benzene rings is 2. The van der Waals surface area contributed by atoms with Crippen molar-refractivity contribution in [2.45, 2.75) is 19.9 Å². The molecule has 1 atom stereocenters. The summed E-state index contributed by atoms with van der Waals surface area (Å²) in [5.74, 6) is 2.43. The minimum atomic E-state index is -0.172. The molecule has 0 amide bonds. The van der Waals surface area contributed by atoms with Crippen LogP contribution in [-0.2, 0) is 0 Å². The Morgan fingerprint density at radius 1 is 1.00 bits per heavy atom. The zero-order valence-corrected chi connectivity index (χ0v) is 14.7. The molecule has 0 aliphatic carbocycles. The molecule has 25 heavy (non-hydrogen) atoms. The number of anilines is 1. The number of methoxy groups -OCH3 is 2. The van der Waals surface area contributed by atoms with Gasteiger partial charge in [0.25, 0.3) is 0 Å². The van der Waals surface area contributed by atoms with Crippen LogP contribution >= 0.6 is 0 Å². The van der Waals surface area contributed by atoms with Gasteiger partial charge in [0.2, 0.25) is 11.8 Å². The molecule has 0 aliphatic heterocycles. The first-order valence-electron chi connectivity index (χ1n) is 7.99. The van der Waals surface area contributed by atoms with Gasteiger partial charge in [-0.1, -0.05) is 17.7 Å². The average Bonchev–Trinajstić information content (AvgIpc) is 3.13.